The summed E-state index contributed by atoms with van der Waals surface area (Å²) in [7, 11) is 0. The number of halogens is 3. The summed E-state index contributed by atoms with van der Waals surface area (Å²) in [5.74, 6) is 0.308. The van der Waals surface area contributed by atoms with Crippen LogP contribution in [0.2, 0.25) is 0 Å². The fourth-order valence-electron chi connectivity index (χ4n) is 3.56. The lowest BCUT2D eigenvalue weighted by atomic mass is 10.1. The van der Waals surface area contributed by atoms with Crippen LogP contribution in [-0.2, 0) is 17.5 Å². The molecule has 0 N–H and O–H groups in total. The Labute approximate surface area is 168 Å². The lowest BCUT2D eigenvalue weighted by molar-refractivity contribution is -0.141. The van der Waals surface area contributed by atoms with E-state index in [1.165, 1.54) is 0 Å². The zero-order chi connectivity index (χ0) is 21.3. The number of amides is 1. The van der Waals surface area contributed by atoms with Crippen molar-refractivity contribution in [2.75, 3.05) is 13.1 Å². The molecule has 0 aromatic carbocycles. The zero-order valence-corrected chi connectivity index (χ0v) is 17.1. The topological polar surface area (TPSA) is 63.9 Å². The van der Waals surface area contributed by atoms with E-state index in [4.69, 9.17) is 0 Å². The molecule has 0 radical (unpaired) electrons. The number of likely N-dealkylation sites (tertiary alicyclic amines) is 1. The maximum absolute atomic E-state index is 13.3. The van der Waals surface area contributed by atoms with E-state index in [1.807, 2.05) is 24.6 Å². The Bertz CT molecular complexity index is 877. The number of aromatic nitrogens is 4. The number of imidazole rings is 1. The minimum absolute atomic E-state index is 0.0170. The summed E-state index contributed by atoms with van der Waals surface area (Å²) in [6, 6.07) is 1.02. The maximum atomic E-state index is 13.3. The molecular weight excluding hydrogens is 383 g/mol. The fraction of sp³-hybridized carbons (Fsp3) is 0.600. The van der Waals surface area contributed by atoms with Gasteiger partial charge in [0.25, 0.3) is 0 Å². The van der Waals surface area contributed by atoms with Gasteiger partial charge in [0.05, 0.1) is 5.92 Å². The smallest absolute Gasteiger partial charge is 0.342 e. The SMILES string of the molecule is Cc1nccn1C[C@@H](C)C(=O)N1CC[C@H](c2nc(C(C)C)cc(C(F)(F)F)n2)C1. The number of carbonyl (C=O) groups excluding carboxylic acids is 1. The molecule has 1 aliphatic heterocycles. The summed E-state index contributed by atoms with van der Waals surface area (Å²) in [6.45, 7) is 8.68. The minimum atomic E-state index is -4.52. The van der Waals surface area contributed by atoms with Crippen molar-refractivity contribution in [2.45, 2.75) is 58.7 Å². The fourth-order valence-corrected chi connectivity index (χ4v) is 3.56. The van der Waals surface area contributed by atoms with Crippen molar-refractivity contribution in [1.82, 2.24) is 24.4 Å². The average Bonchev–Trinajstić information content (AvgIpc) is 3.29. The molecule has 0 spiro atoms. The number of hydrogen-bond acceptors (Lipinski definition) is 4. The van der Waals surface area contributed by atoms with Gasteiger partial charge in [0.1, 0.15) is 17.3 Å². The molecule has 2 aromatic rings. The second-order valence-electron chi connectivity index (χ2n) is 7.99. The Morgan fingerprint density at radius 3 is 2.59 bits per heavy atom. The third kappa shape index (κ3) is 4.76. The van der Waals surface area contributed by atoms with E-state index in [1.54, 1.807) is 24.9 Å². The quantitative estimate of drug-likeness (QED) is 0.754. The highest BCUT2D eigenvalue weighted by molar-refractivity contribution is 5.78. The third-order valence-electron chi connectivity index (χ3n) is 5.33. The molecule has 2 atom stereocenters. The van der Waals surface area contributed by atoms with Crippen molar-refractivity contribution in [3.8, 4) is 0 Å². The number of carbonyl (C=O) groups is 1. The van der Waals surface area contributed by atoms with Gasteiger partial charge in [-0.05, 0) is 25.3 Å². The number of alkyl halides is 3. The molecule has 0 aliphatic carbocycles. The first-order chi connectivity index (χ1) is 13.6. The predicted molar refractivity (Wildman–Crippen MR) is 101 cm³/mol. The van der Waals surface area contributed by atoms with Crippen molar-refractivity contribution in [2.24, 2.45) is 5.92 Å². The first-order valence-electron chi connectivity index (χ1n) is 9.78. The van der Waals surface area contributed by atoms with Gasteiger partial charge >= 0.3 is 6.18 Å². The van der Waals surface area contributed by atoms with E-state index < -0.39 is 11.9 Å². The lowest BCUT2D eigenvalue weighted by Gasteiger charge is -2.22. The Hall–Kier alpha value is -2.45. The molecule has 0 saturated carbocycles. The van der Waals surface area contributed by atoms with Gasteiger partial charge in [0.2, 0.25) is 5.91 Å². The van der Waals surface area contributed by atoms with Crippen LogP contribution in [0.5, 0.6) is 0 Å². The zero-order valence-electron chi connectivity index (χ0n) is 17.1. The first kappa shape index (κ1) is 21.3. The van der Waals surface area contributed by atoms with Gasteiger partial charge in [0, 0.05) is 43.6 Å². The molecule has 1 aliphatic rings. The lowest BCUT2D eigenvalue weighted by Crippen LogP contribution is -2.35. The molecule has 3 rings (SSSR count). The first-order valence-corrected chi connectivity index (χ1v) is 9.78. The molecule has 9 heteroatoms. The van der Waals surface area contributed by atoms with E-state index >= 15 is 0 Å². The second kappa shape index (κ2) is 8.12. The summed E-state index contributed by atoms with van der Waals surface area (Å²) in [4.78, 5) is 26.9. The van der Waals surface area contributed by atoms with Crippen molar-refractivity contribution in [3.63, 3.8) is 0 Å². The van der Waals surface area contributed by atoms with Crippen LogP contribution in [0, 0.1) is 12.8 Å². The van der Waals surface area contributed by atoms with Crippen LogP contribution in [0.4, 0.5) is 13.2 Å². The van der Waals surface area contributed by atoms with Gasteiger partial charge in [-0.3, -0.25) is 4.79 Å². The van der Waals surface area contributed by atoms with Crippen LogP contribution in [-0.4, -0.2) is 43.4 Å². The maximum Gasteiger partial charge on any atom is 0.433 e. The van der Waals surface area contributed by atoms with E-state index in [9.17, 15) is 18.0 Å². The van der Waals surface area contributed by atoms with Gasteiger partial charge in [-0.25, -0.2) is 15.0 Å². The van der Waals surface area contributed by atoms with Crippen molar-refractivity contribution >= 4 is 5.91 Å². The molecule has 3 heterocycles. The van der Waals surface area contributed by atoms with Gasteiger partial charge in [-0.1, -0.05) is 20.8 Å². The Balaban J connectivity index is 1.74. The molecule has 6 nitrogen and oxygen atoms in total. The summed E-state index contributed by atoms with van der Waals surface area (Å²) in [5, 5.41) is 0. The summed E-state index contributed by atoms with van der Waals surface area (Å²) in [5.41, 5.74) is -0.545. The van der Waals surface area contributed by atoms with Crippen LogP contribution in [0.15, 0.2) is 18.5 Å². The highest BCUT2D eigenvalue weighted by Gasteiger charge is 2.36. The monoisotopic (exact) mass is 409 g/mol. The Morgan fingerprint density at radius 1 is 1.28 bits per heavy atom. The van der Waals surface area contributed by atoms with E-state index in [0.717, 1.165) is 11.9 Å². The number of nitrogens with zero attached hydrogens (tertiary/aromatic N) is 5. The summed E-state index contributed by atoms with van der Waals surface area (Å²) in [6.07, 6.45) is -0.445. The Morgan fingerprint density at radius 2 is 2.00 bits per heavy atom. The summed E-state index contributed by atoms with van der Waals surface area (Å²) < 4.78 is 41.7. The van der Waals surface area contributed by atoms with Gasteiger partial charge in [0.15, 0.2) is 0 Å². The number of rotatable bonds is 5. The standard InChI is InChI=1S/C20H26F3N5O/c1-12(2)16-9-17(20(21,22)23)26-18(25-16)15-5-7-28(11-15)19(29)13(3)10-27-8-6-24-14(27)4/h6,8-9,12-13,15H,5,7,10-11H2,1-4H3/t13-,15+/m1/s1. The Kier molecular flexibility index (Phi) is 5.95. The second-order valence-corrected chi connectivity index (χ2v) is 7.99. The van der Waals surface area contributed by atoms with E-state index in [0.29, 0.717) is 31.7 Å². The third-order valence-corrected chi connectivity index (χ3v) is 5.33. The van der Waals surface area contributed by atoms with Crippen molar-refractivity contribution in [3.05, 3.63) is 41.5 Å². The van der Waals surface area contributed by atoms with Gasteiger partial charge < -0.3 is 9.47 Å². The molecule has 1 fully saturated rings. The molecule has 1 saturated heterocycles. The molecule has 2 aromatic heterocycles. The van der Waals surface area contributed by atoms with Crippen molar-refractivity contribution in [1.29, 1.82) is 0 Å². The largest absolute Gasteiger partial charge is 0.433 e. The van der Waals surface area contributed by atoms with Crippen LogP contribution < -0.4 is 0 Å². The highest BCUT2D eigenvalue weighted by atomic mass is 19.4. The highest BCUT2D eigenvalue weighted by Crippen LogP contribution is 2.32. The van der Waals surface area contributed by atoms with Gasteiger partial charge in [-0.15, -0.1) is 0 Å². The molecule has 29 heavy (non-hydrogen) atoms. The van der Waals surface area contributed by atoms with Gasteiger partial charge in [-0.2, -0.15) is 13.2 Å². The minimum Gasteiger partial charge on any atom is -0.342 e. The molecule has 0 bridgehead atoms. The summed E-state index contributed by atoms with van der Waals surface area (Å²) >= 11 is 0. The number of aryl methyl sites for hydroxylation is 1. The van der Waals surface area contributed by atoms with Crippen LogP contribution >= 0.6 is 0 Å². The van der Waals surface area contributed by atoms with Crippen LogP contribution in [0.25, 0.3) is 0 Å². The molecule has 158 valence electrons. The number of hydrogen-bond donors (Lipinski definition) is 0. The van der Waals surface area contributed by atoms with E-state index in [-0.39, 0.29) is 29.5 Å². The molecule has 1 amide bonds. The molecule has 0 unspecified atom stereocenters. The normalized spacial score (nSPS) is 18.5. The van der Waals surface area contributed by atoms with Crippen molar-refractivity contribution < 1.29 is 18.0 Å². The predicted octanol–water partition coefficient (Wildman–Crippen LogP) is 3.78. The van der Waals surface area contributed by atoms with Crippen LogP contribution in [0.3, 0.4) is 0 Å². The van der Waals surface area contributed by atoms with E-state index in [2.05, 4.69) is 15.0 Å². The van der Waals surface area contributed by atoms with Crippen LogP contribution in [0.1, 0.15) is 62.1 Å². The average molecular weight is 409 g/mol. The molecular formula is C20H26F3N5O.